The summed E-state index contributed by atoms with van der Waals surface area (Å²) in [6.07, 6.45) is 4.60. The van der Waals surface area contributed by atoms with Crippen molar-refractivity contribution in [1.29, 1.82) is 0 Å². The third kappa shape index (κ3) is 1.61. The molecule has 0 fully saturated rings. The third-order valence-electron chi connectivity index (χ3n) is 2.68. The van der Waals surface area contributed by atoms with Crippen molar-refractivity contribution in [3.63, 3.8) is 0 Å². The lowest BCUT2D eigenvalue weighted by Crippen LogP contribution is -2.01. The summed E-state index contributed by atoms with van der Waals surface area (Å²) >= 11 is 0. The van der Waals surface area contributed by atoms with Crippen molar-refractivity contribution in [3.8, 4) is 0 Å². The van der Waals surface area contributed by atoms with Gasteiger partial charge in [-0.2, -0.15) is 0 Å². The molecule has 0 aliphatic carbocycles. The number of carbonyl (C=O) groups is 1. The van der Waals surface area contributed by atoms with Crippen molar-refractivity contribution in [3.05, 3.63) is 66.2 Å². The summed E-state index contributed by atoms with van der Waals surface area (Å²) in [5.74, 6) is -0.0441. The average Bonchev–Trinajstić information content (AvgIpc) is 2.91. The van der Waals surface area contributed by atoms with Gasteiger partial charge in [-0.25, -0.2) is 0 Å². The topological polar surface area (TPSA) is 43.1 Å². The summed E-state index contributed by atoms with van der Waals surface area (Å²) in [7, 11) is 0. The van der Waals surface area contributed by atoms with Gasteiger partial charge in [-0.15, -0.1) is 0 Å². The molecule has 0 aliphatic heterocycles. The predicted octanol–water partition coefficient (Wildman–Crippen LogP) is 3.06. The van der Waals surface area contributed by atoms with Gasteiger partial charge in [0.1, 0.15) is 6.26 Å². The number of nitrogens with zero attached hydrogens (tertiary/aromatic N) is 1. The number of benzene rings is 1. The number of hydrogen-bond donors (Lipinski definition) is 0. The lowest BCUT2D eigenvalue weighted by Gasteiger charge is -2.03. The number of pyridine rings is 1. The first kappa shape index (κ1) is 9.78. The zero-order valence-electron chi connectivity index (χ0n) is 8.96. The second-order valence-corrected chi connectivity index (χ2v) is 3.72. The minimum Gasteiger partial charge on any atom is -0.472 e. The van der Waals surface area contributed by atoms with E-state index >= 15 is 0 Å². The van der Waals surface area contributed by atoms with Crippen LogP contribution in [0.4, 0.5) is 0 Å². The Balaban J connectivity index is 2.21. The van der Waals surface area contributed by atoms with Crippen LogP contribution in [-0.4, -0.2) is 10.8 Å². The fourth-order valence-corrected chi connectivity index (χ4v) is 1.84. The van der Waals surface area contributed by atoms with E-state index in [0.29, 0.717) is 11.1 Å². The highest BCUT2D eigenvalue weighted by molar-refractivity contribution is 6.15. The van der Waals surface area contributed by atoms with Crippen LogP contribution in [0.3, 0.4) is 0 Å². The van der Waals surface area contributed by atoms with E-state index in [2.05, 4.69) is 4.98 Å². The molecule has 3 aromatic rings. The second kappa shape index (κ2) is 3.87. The quantitative estimate of drug-likeness (QED) is 0.627. The lowest BCUT2D eigenvalue weighted by molar-refractivity contribution is 0.103. The normalized spacial score (nSPS) is 10.6. The molecule has 0 amide bonds. The minimum atomic E-state index is -0.0441. The van der Waals surface area contributed by atoms with Crippen molar-refractivity contribution < 1.29 is 9.21 Å². The predicted molar refractivity (Wildman–Crippen MR) is 63.9 cm³/mol. The van der Waals surface area contributed by atoms with Crippen LogP contribution in [0.2, 0.25) is 0 Å². The van der Waals surface area contributed by atoms with Gasteiger partial charge in [0.15, 0.2) is 5.78 Å². The fourth-order valence-electron chi connectivity index (χ4n) is 1.84. The summed E-state index contributed by atoms with van der Waals surface area (Å²) < 4.78 is 4.93. The van der Waals surface area contributed by atoms with E-state index in [9.17, 15) is 4.79 Å². The number of ketones is 1. The van der Waals surface area contributed by atoms with Gasteiger partial charge in [-0.3, -0.25) is 9.78 Å². The Kier molecular flexibility index (Phi) is 2.22. The molecular formula is C14H9NO2. The van der Waals surface area contributed by atoms with Crippen LogP contribution in [0.15, 0.2) is 59.5 Å². The van der Waals surface area contributed by atoms with Gasteiger partial charge < -0.3 is 4.42 Å². The molecule has 2 heterocycles. The number of para-hydroxylation sites is 1. The molecule has 1 aromatic carbocycles. The van der Waals surface area contributed by atoms with E-state index in [1.54, 1.807) is 18.3 Å². The third-order valence-corrected chi connectivity index (χ3v) is 2.68. The fraction of sp³-hybridized carbons (Fsp3) is 0. The maximum absolute atomic E-state index is 12.2. The molecular weight excluding hydrogens is 214 g/mol. The molecule has 0 N–H and O–H groups in total. The monoisotopic (exact) mass is 223 g/mol. The number of furan rings is 1. The van der Waals surface area contributed by atoms with Gasteiger partial charge >= 0.3 is 0 Å². The van der Waals surface area contributed by atoms with E-state index < -0.39 is 0 Å². The molecule has 82 valence electrons. The smallest absolute Gasteiger partial charge is 0.196 e. The molecule has 0 unspecified atom stereocenters. The number of rotatable bonds is 2. The number of fused-ring (bicyclic) bond motifs is 1. The molecule has 0 atom stereocenters. The van der Waals surface area contributed by atoms with Crippen LogP contribution in [0.5, 0.6) is 0 Å². The Morgan fingerprint density at radius 1 is 1.12 bits per heavy atom. The van der Waals surface area contributed by atoms with Gasteiger partial charge in [0.25, 0.3) is 0 Å². The number of carbonyl (C=O) groups excluding carboxylic acids is 1. The molecule has 0 bridgehead atoms. The molecule has 17 heavy (non-hydrogen) atoms. The molecule has 3 rings (SSSR count). The maximum Gasteiger partial charge on any atom is 0.196 e. The Morgan fingerprint density at radius 2 is 2.00 bits per heavy atom. The van der Waals surface area contributed by atoms with Crippen LogP contribution in [0, 0.1) is 0 Å². The van der Waals surface area contributed by atoms with Crippen LogP contribution in [0.25, 0.3) is 10.9 Å². The van der Waals surface area contributed by atoms with E-state index in [1.165, 1.54) is 12.5 Å². The number of aromatic nitrogens is 1. The van der Waals surface area contributed by atoms with Crippen molar-refractivity contribution >= 4 is 16.7 Å². The molecule has 0 saturated heterocycles. The van der Waals surface area contributed by atoms with Gasteiger partial charge in [-0.1, -0.05) is 18.2 Å². The van der Waals surface area contributed by atoms with Gasteiger partial charge in [0.05, 0.1) is 17.3 Å². The van der Waals surface area contributed by atoms with Crippen LogP contribution >= 0.6 is 0 Å². The zero-order valence-corrected chi connectivity index (χ0v) is 8.96. The minimum absolute atomic E-state index is 0.0441. The SMILES string of the molecule is O=C(c1ccoc1)c1ccnc2ccccc12. The average molecular weight is 223 g/mol. The van der Waals surface area contributed by atoms with Crippen LogP contribution in [-0.2, 0) is 0 Å². The summed E-state index contributed by atoms with van der Waals surface area (Å²) in [5, 5.41) is 0.862. The van der Waals surface area contributed by atoms with Crippen molar-refractivity contribution in [2.45, 2.75) is 0 Å². The summed E-state index contributed by atoms with van der Waals surface area (Å²) in [6, 6.07) is 11.0. The Labute approximate surface area is 97.7 Å². The molecule has 0 spiro atoms. The highest BCUT2D eigenvalue weighted by Gasteiger charge is 2.13. The summed E-state index contributed by atoms with van der Waals surface area (Å²) in [4.78, 5) is 16.5. The second-order valence-electron chi connectivity index (χ2n) is 3.72. The van der Waals surface area contributed by atoms with E-state index in [1.807, 2.05) is 24.3 Å². The highest BCUT2D eigenvalue weighted by Crippen LogP contribution is 2.19. The molecule has 0 aliphatic rings. The van der Waals surface area contributed by atoms with Crippen molar-refractivity contribution in [2.24, 2.45) is 0 Å². The molecule has 0 radical (unpaired) electrons. The number of hydrogen-bond acceptors (Lipinski definition) is 3. The molecule has 0 saturated carbocycles. The highest BCUT2D eigenvalue weighted by atomic mass is 16.3. The van der Waals surface area contributed by atoms with Gasteiger partial charge in [0.2, 0.25) is 0 Å². The Morgan fingerprint density at radius 3 is 2.82 bits per heavy atom. The van der Waals surface area contributed by atoms with E-state index in [-0.39, 0.29) is 5.78 Å². The molecule has 3 nitrogen and oxygen atoms in total. The Hall–Kier alpha value is -2.42. The maximum atomic E-state index is 12.2. The first-order chi connectivity index (χ1) is 8.36. The molecule has 3 heteroatoms. The molecule has 2 aromatic heterocycles. The van der Waals surface area contributed by atoms with Crippen molar-refractivity contribution in [2.75, 3.05) is 0 Å². The first-order valence-electron chi connectivity index (χ1n) is 5.27. The van der Waals surface area contributed by atoms with Crippen molar-refractivity contribution in [1.82, 2.24) is 4.98 Å². The summed E-state index contributed by atoms with van der Waals surface area (Å²) in [5.41, 5.74) is 2.03. The van der Waals surface area contributed by atoms with E-state index in [4.69, 9.17) is 4.42 Å². The van der Waals surface area contributed by atoms with E-state index in [0.717, 1.165) is 10.9 Å². The van der Waals surface area contributed by atoms with Crippen LogP contribution in [0.1, 0.15) is 15.9 Å². The largest absolute Gasteiger partial charge is 0.472 e. The Bertz CT molecular complexity index is 666. The van der Waals surface area contributed by atoms with Crippen LogP contribution < -0.4 is 0 Å². The first-order valence-corrected chi connectivity index (χ1v) is 5.27. The summed E-state index contributed by atoms with van der Waals surface area (Å²) in [6.45, 7) is 0. The van der Waals surface area contributed by atoms with Gasteiger partial charge in [0, 0.05) is 17.1 Å². The standard InChI is InChI=1S/C14H9NO2/c16-14(10-6-8-17-9-10)12-5-7-15-13-4-2-1-3-11(12)13/h1-9H. The van der Waals surface area contributed by atoms with Gasteiger partial charge in [-0.05, 0) is 18.2 Å². The zero-order chi connectivity index (χ0) is 11.7. The lowest BCUT2D eigenvalue weighted by atomic mass is 10.0.